The monoisotopic (exact) mass is 570 g/mol. The molecule has 0 bridgehead atoms. The number of ketones is 1. The molecule has 4 rings (SSSR count). The van der Waals surface area contributed by atoms with E-state index in [1.165, 1.54) is 32.4 Å². The molecule has 0 fully saturated rings. The van der Waals surface area contributed by atoms with Crippen molar-refractivity contribution in [2.24, 2.45) is 0 Å². The van der Waals surface area contributed by atoms with E-state index in [0.717, 1.165) is 9.13 Å². The fourth-order valence-electron chi connectivity index (χ4n) is 4.21. The predicted molar refractivity (Wildman–Crippen MR) is 148 cm³/mol. The number of benzene rings is 2. The van der Waals surface area contributed by atoms with Crippen LogP contribution in [0.2, 0.25) is 10.2 Å². The second-order valence-electron chi connectivity index (χ2n) is 8.67. The van der Waals surface area contributed by atoms with Gasteiger partial charge >= 0.3 is 5.69 Å². The van der Waals surface area contributed by atoms with E-state index in [1.54, 1.807) is 37.3 Å². The molecular formula is C27H24Cl2N4O6. The van der Waals surface area contributed by atoms with Crippen molar-refractivity contribution >= 4 is 51.5 Å². The Kier molecular flexibility index (Phi) is 8.37. The molecule has 12 heteroatoms. The molecule has 1 N–H and O–H groups in total. The number of pyridine rings is 1. The maximum absolute atomic E-state index is 13.4. The van der Waals surface area contributed by atoms with Gasteiger partial charge in [0, 0.05) is 18.2 Å². The minimum atomic E-state index is -0.800. The smallest absolute Gasteiger partial charge is 0.332 e. The van der Waals surface area contributed by atoms with Gasteiger partial charge in [-0.05, 0) is 42.8 Å². The SMILES string of the molecule is COc1cc(OC)c(NC(=O)Cn2c(=O)n(CC(=O)Cc3cc(C)nc(Cl)c3)c(=O)c3ccccc32)cc1Cl. The van der Waals surface area contributed by atoms with Crippen LogP contribution in [0.3, 0.4) is 0 Å². The fraction of sp³-hybridized carbons (Fsp3) is 0.222. The second-order valence-corrected chi connectivity index (χ2v) is 9.46. The molecule has 0 spiro atoms. The van der Waals surface area contributed by atoms with Crippen molar-refractivity contribution in [3.05, 3.63) is 90.8 Å². The fourth-order valence-corrected chi connectivity index (χ4v) is 4.73. The molecule has 0 radical (unpaired) electrons. The summed E-state index contributed by atoms with van der Waals surface area (Å²) in [6.45, 7) is 0.817. The van der Waals surface area contributed by atoms with Crippen molar-refractivity contribution in [1.82, 2.24) is 14.1 Å². The average molecular weight is 571 g/mol. The van der Waals surface area contributed by atoms with Crippen molar-refractivity contribution in [2.75, 3.05) is 19.5 Å². The molecule has 0 unspecified atom stereocenters. The second kappa shape index (κ2) is 11.7. The lowest BCUT2D eigenvalue weighted by Gasteiger charge is -2.16. The number of anilines is 1. The number of nitrogens with one attached hydrogen (secondary N) is 1. The van der Waals surface area contributed by atoms with E-state index < -0.39 is 30.2 Å². The third kappa shape index (κ3) is 6.13. The summed E-state index contributed by atoms with van der Waals surface area (Å²) in [7, 11) is 2.87. The lowest BCUT2D eigenvalue weighted by molar-refractivity contribution is -0.119. The van der Waals surface area contributed by atoms with E-state index in [9.17, 15) is 19.2 Å². The number of hydrogen-bond acceptors (Lipinski definition) is 7. The predicted octanol–water partition coefficient (Wildman–Crippen LogP) is 3.64. The number of amides is 1. The number of aromatic nitrogens is 3. The number of ether oxygens (including phenoxy) is 2. The summed E-state index contributed by atoms with van der Waals surface area (Å²) < 4.78 is 12.5. The largest absolute Gasteiger partial charge is 0.495 e. The normalized spacial score (nSPS) is 10.9. The highest BCUT2D eigenvalue weighted by atomic mass is 35.5. The van der Waals surface area contributed by atoms with Crippen molar-refractivity contribution in [2.45, 2.75) is 26.4 Å². The highest BCUT2D eigenvalue weighted by molar-refractivity contribution is 6.32. The molecular weight excluding hydrogens is 547 g/mol. The molecule has 0 aliphatic heterocycles. The molecule has 0 aliphatic rings. The van der Waals surface area contributed by atoms with Gasteiger partial charge in [0.1, 0.15) is 23.2 Å². The topological polar surface area (TPSA) is 122 Å². The van der Waals surface area contributed by atoms with Crippen LogP contribution in [0.5, 0.6) is 11.5 Å². The molecule has 2 aromatic heterocycles. The van der Waals surface area contributed by atoms with Gasteiger partial charge in [0.2, 0.25) is 5.91 Å². The van der Waals surface area contributed by atoms with Crippen molar-refractivity contribution in [1.29, 1.82) is 0 Å². The highest BCUT2D eigenvalue weighted by Gasteiger charge is 2.19. The van der Waals surface area contributed by atoms with Gasteiger partial charge in [-0.25, -0.2) is 9.78 Å². The van der Waals surface area contributed by atoms with E-state index in [1.807, 2.05) is 0 Å². The summed E-state index contributed by atoms with van der Waals surface area (Å²) in [5.41, 5.74) is 0.330. The average Bonchev–Trinajstić information content (AvgIpc) is 2.88. The van der Waals surface area contributed by atoms with E-state index >= 15 is 0 Å². The van der Waals surface area contributed by atoms with Gasteiger partial charge in [-0.3, -0.25) is 23.5 Å². The van der Waals surface area contributed by atoms with Crippen LogP contribution >= 0.6 is 23.2 Å². The lowest BCUT2D eigenvalue weighted by Crippen LogP contribution is -2.43. The van der Waals surface area contributed by atoms with Crippen LogP contribution in [0.1, 0.15) is 11.3 Å². The number of Topliss-reactive ketones (excluding diaryl/α,β-unsaturated/α-hetero) is 1. The third-order valence-corrected chi connectivity index (χ3v) is 6.39. The van der Waals surface area contributed by atoms with E-state index in [4.69, 9.17) is 32.7 Å². The van der Waals surface area contributed by atoms with E-state index in [0.29, 0.717) is 22.8 Å². The van der Waals surface area contributed by atoms with Crippen LogP contribution < -0.4 is 26.0 Å². The van der Waals surface area contributed by atoms with Crippen LogP contribution in [0.4, 0.5) is 5.69 Å². The van der Waals surface area contributed by atoms with Gasteiger partial charge in [-0.2, -0.15) is 0 Å². The first-order valence-electron chi connectivity index (χ1n) is 11.7. The van der Waals surface area contributed by atoms with Gasteiger partial charge in [0.25, 0.3) is 5.56 Å². The van der Waals surface area contributed by atoms with Crippen LogP contribution in [-0.4, -0.2) is 40.0 Å². The van der Waals surface area contributed by atoms with Crippen molar-refractivity contribution in [3.63, 3.8) is 0 Å². The van der Waals surface area contributed by atoms with Crippen LogP contribution in [0.25, 0.3) is 10.9 Å². The number of methoxy groups -OCH3 is 2. The highest BCUT2D eigenvalue weighted by Crippen LogP contribution is 2.35. The zero-order valence-corrected chi connectivity index (χ0v) is 22.8. The maximum atomic E-state index is 13.4. The minimum absolute atomic E-state index is 0.0553. The first kappa shape index (κ1) is 27.9. The molecule has 39 heavy (non-hydrogen) atoms. The number of para-hydroxylation sites is 1. The number of carbonyl (C=O) groups is 2. The Hall–Kier alpha value is -4.15. The Morgan fingerprint density at radius 2 is 1.67 bits per heavy atom. The number of carbonyl (C=O) groups excluding carboxylic acids is 2. The van der Waals surface area contributed by atoms with Crippen molar-refractivity contribution in [3.8, 4) is 11.5 Å². The minimum Gasteiger partial charge on any atom is -0.495 e. The van der Waals surface area contributed by atoms with Crippen molar-refractivity contribution < 1.29 is 19.1 Å². The Morgan fingerprint density at radius 1 is 0.949 bits per heavy atom. The van der Waals surface area contributed by atoms with Gasteiger partial charge in [0.15, 0.2) is 5.78 Å². The van der Waals surface area contributed by atoms with Gasteiger partial charge in [-0.1, -0.05) is 35.3 Å². The molecule has 4 aromatic rings. The lowest BCUT2D eigenvalue weighted by atomic mass is 10.1. The standard InChI is InChI=1S/C27H24Cl2N4O6/c1-15-8-16(10-24(29)30-15)9-17(34)13-33-26(36)18-6-4-5-7-21(18)32(27(33)37)14-25(35)31-20-11-19(28)22(38-2)12-23(20)39-3/h4-8,10-12H,9,13-14H2,1-3H3,(H,31,35). The molecule has 0 saturated heterocycles. The quantitative estimate of drug-likeness (QED) is 0.305. The first-order valence-corrected chi connectivity index (χ1v) is 12.5. The Labute approximate surface area is 232 Å². The summed E-state index contributed by atoms with van der Waals surface area (Å²) in [5, 5.41) is 3.35. The molecule has 202 valence electrons. The third-order valence-electron chi connectivity index (χ3n) is 5.90. The first-order chi connectivity index (χ1) is 18.6. The zero-order chi connectivity index (χ0) is 28.3. The summed E-state index contributed by atoms with van der Waals surface area (Å²) in [6.07, 6.45) is -0.0553. The molecule has 2 aromatic carbocycles. The van der Waals surface area contributed by atoms with Crippen LogP contribution in [-0.2, 0) is 29.1 Å². The Morgan fingerprint density at radius 3 is 2.36 bits per heavy atom. The molecule has 0 atom stereocenters. The Balaban J connectivity index is 1.67. The number of aryl methyl sites for hydroxylation is 1. The summed E-state index contributed by atoms with van der Waals surface area (Å²) >= 11 is 12.2. The maximum Gasteiger partial charge on any atom is 0.332 e. The van der Waals surface area contributed by atoms with Gasteiger partial charge in [-0.15, -0.1) is 0 Å². The van der Waals surface area contributed by atoms with E-state index in [2.05, 4.69) is 10.3 Å². The number of halogens is 2. The summed E-state index contributed by atoms with van der Waals surface area (Å²) in [5.74, 6) is -0.321. The number of nitrogens with zero attached hydrogens (tertiary/aromatic N) is 3. The molecule has 10 nitrogen and oxygen atoms in total. The molecule has 1 amide bonds. The Bertz CT molecular complexity index is 1690. The van der Waals surface area contributed by atoms with Crippen LogP contribution in [0, 0.1) is 6.92 Å². The number of fused-ring (bicyclic) bond motifs is 1. The van der Waals surface area contributed by atoms with Crippen LogP contribution in [0.15, 0.2) is 58.1 Å². The molecule has 2 heterocycles. The van der Waals surface area contributed by atoms with Gasteiger partial charge < -0.3 is 14.8 Å². The number of hydrogen-bond donors (Lipinski definition) is 1. The molecule has 0 saturated carbocycles. The summed E-state index contributed by atoms with van der Waals surface area (Å²) in [4.78, 5) is 56.6. The zero-order valence-electron chi connectivity index (χ0n) is 21.3. The van der Waals surface area contributed by atoms with Gasteiger partial charge in [0.05, 0.1) is 42.4 Å². The van der Waals surface area contributed by atoms with E-state index in [-0.39, 0.29) is 39.0 Å². The number of rotatable bonds is 9. The summed E-state index contributed by atoms with van der Waals surface area (Å²) in [6, 6.07) is 12.6. The molecule has 0 aliphatic carbocycles.